The Morgan fingerprint density at radius 2 is 1.76 bits per heavy atom. The van der Waals surface area contributed by atoms with Crippen molar-refractivity contribution in [1.29, 1.82) is 0 Å². The Bertz CT molecular complexity index is 992. The highest BCUT2D eigenvalue weighted by molar-refractivity contribution is 6.33. The highest BCUT2D eigenvalue weighted by atomic mass is 35.5. The van der Waals surface area contributed by atoms with Crippen molar-refractivity contribution >= 4 is 28.4 Å². The zero-order valence-electron chi connectivity index (χ0n) is 13.7. The molecule has 0 N–H and O–H groups in total. The molecule has 5 nitrogen and oxygen atoms in total. The van der Waals surface area contributed by atoms with Gasteiger partial charge in [-0.1, -0.05) is 41.9 Å². The van der Waals surface area contributed by atoms with E-state index in [0.29, 0.717) is 5.56 Å². The molecule has 0 aliphatic carbocycles. The van der Waals surface area contributed by atoms with Crippen molar-refractivity contribution in [3.8, 4) is 11.5 Å². The Kier molecular flexibility index (Phi) is 4.76. The van der Waals surface area contributed by atoms with Gasteiger partial charge in [-0.05, 0) is 6.07 Å². The Morgan fingerprint density at radius 3 is 2.40 bits per heavy atom. The van der Waals surface area contributed by atoms with Gasteiger partial charge in [-0.15, -0.1) is 0 Å². The lowest BCUT2D eigenvalue weighted by atomic mass is 10.1. The van der Waals surface area contributed by atoms with Gasteiger partial charge in [-0.3, -0.25) is 9.59 Å². The fourth-order valence-electron chi connectivity index (χ4n) is 2.61. The van der Waals surface area contributed by atoms with Gasteiger partial charge >= 0.3 is 0 Å². The second kappa shape index (κ2) is 6.99. The third-order valence-corrected chi connectivity index (χ3v) is 4.06. The number of ether oxygens (including phenoxy) is 2. The van der Waals surface area contributed by atoms with Gasteiger partial charge in [0.25, 0.3) is 0 Å². The molecule has 1 heterocycles. The van der Waals surface area contributed by atoms with E-state index in [2.05, 4.69) is 0 Å². The van der Waals surface area contributed by atoms with Gasteiger partial charge in [0, 0.05) is 11.6 Å². The molecule has 0 spiro atoms. The molecular formula is C19H15ClO5. The lowest BCUT2D eigenvalue weighted by molar-refractivity contribution is 0.0987. The van der Waals surface area contributed by atoms with Crippen molar-refractivity contribution in [1.82, 2.24) is 0 Å². The van der Waals surface area contributed by atoms with E-state index in [0.717, 1.165) is 0 Å². The minimum Gasteiger partial charge on any atom is -0.491 e. The first-order chi connectivity index (χ1) is 12.0. The van der Waals surface area contributed by atoms with Gasteiger partial charge in [0.1, 0.15) is 5.76 Å². The number of halogens is 1. The number of carbonyl (C=O) groups excluding carboxylic acids is 1. The van der Waals surface area contributed by atoms with Crippen LogP contribution in [0.2, 0.25) is 5.02 Å². The molecule has 0 aliphatic heterocycles. The number of carbonyl (C=O) groups is 1. The zero-order valence-corrected chi connectivity index (χ0v) is 14.4. The first-order valence-electron chi connectivity index (χ1n) is 7.50. The summed E-state index contributed by atoms with van der Waals surface area (Å²) in [4.78, 5) is 24.8. The summed E-state index contributed by atoms with van der Waals surface area (Å²) in [5.74, 6) is 0.583. The van der Waals surface area contributed by atoms with Gasteiger partial charge in [0.15, 0.2) is 22.5 Å². The van der Waals surface area contributed by atoms with Crippen molar-refractivity contribution in [2.24, 2.45) is 0 Å². The molecule has 0 unspecified atom stereocenters. The van der Waals surface area contributed by atoms with Gasteiger partial charge in [0.2, 0.25) is 5.75 Å². The summed E-state index contributed by atoms with van der Waals surface area (Å²) in [6.45, 7) is 0. The molecule has 0 fully saturated rings. The first kappa shape index (κ1) is 17.0. The number of Topliss-reactive ketones (excluding diaryl/α,β-unsaturated/α-hetero) is 1. The predicted octanol–water partition coefficient (Wildman–Crippen LogP) is 3.89. The minimum atomic E-state index is -0.306. The molecule has 0 aliphatic rings. The number of ketones is 1. The highest BCUT2D eigenvalue weighted by Crippen LogP contribution is 2.40. The summed E-state index contributed by atoms with van der Waals surface area (Å²) in [5.41, 5.74) is 0.443. The Labute approximate surface area is 148 Å². The number of methoxy groups -OCH3 is 2. The zero-order chi connectivity index (χ0) is 18.0. The summed E-state index contributed by atoms with van der Waals surface area (Å²) in [5, 5.41) is 0.505. The van der Waals surface area contributed by atoms with Crippen LogP contribution >= 0.6 is 11.6 Å². The number of fused-ring (bicyclic) bond motifs is 1. The topological polar surface area (TPSA) is 65.7 Å². The summed E-state index contributed by atoms with van der Waals surface area (Å²) in [7, 11) is 2.87. The first-order valence-corrected chi connectivity index (χ1v) is 7.88. The Balaban J connectivity index is 2.11. The quantitative estimate of drug-likeness (QED) is 0.647. The van der Waals surface area contributed by atoms with Crippen LogP contribution in [-0.2, 0) is 6.42 Å². The third kappa shape index (κ3) is 3.23. The molecule has 0 bridgehead atoms. The molecule has 128 valence electrons. The van der Waals surface area contributed by atoms with Crippen LogP contribution in [-0.4, -0.2) is 20.0 Å². The minimum absolute atomic E-state index is 0.0384. The van der Waals surface area contributed by atoms with E-state index < -0.39 is 0 Å². The number of benzene rings is 2. The number of rotatable bonds is 5. The van der Waals surface area contributed by atoms with Crippen LogP contribution in [0.4, 0.5) is 0 Å². The van der Waals surface area contributed by atoms with Crippen LogP contribution in [0.25, 0.3) is 11.0 Å². The van der Waals surface area contributed by atoms with Crippen molar-refractivity contribution < 1.29 is 18.7 Å². The van der Waals surface area contributed by atoms with E-state index in [1.807, 2.05) is 6.07 Å². The molecule has 0 atom stereocenters. The highest BCUT2D eigenvalue weighted by Gasteiger charge is 2.19. The molecule has 3 rings (SSSR count). The number of hydrogen-bond donors (Lipinski definition) is 0. The second-order valence-electron chi connectivity index (χ2n) is 5.34. The Morgan fingerprint density at radius 1 is 1.08 bits per heavy atom. The fraction of sp³-hybridized carbons (Fsp3) is 0.158. The van der Waals surface area contributed by atoms with Crippen LogP contribution in [0.1, 0.15) is 16.1 Å². The maximum absolute atomic E-state index is 12.4. The molecule has 1 aromatic heterocycles. The van der Waals surface area contributed by atoms with Crippen LogP contribution in [0, 0.1) is 0 Å². The summed E-state index contributed by atoms with van der Waals surface area (Å²) in [6, 6.07) is 11.6. The molecule has 0 radical (unpaired) electrons. The standard InChI is InChI=1S/C19H15ClO5/c1-23-18-14(20)10-13-16(22)9-12(25-17(13)19(18)24-2)8-15(21)11-6-4-3-5-7-11/h3-7,9-10H,8H2,1-2H3. The van der Waals surface area contributed by atoms with Gasteiger partial charge in [0.05, 0.1) is 31.0 Å². The van der Waals surface area contributed by atoms with E-state index in [9.17, 15) is 9.59 Å². The monoisotopic (exact) mass is 358 g/mol. The van der Waals surface area contributed by atoms with Crippen LogP contribution in [0.15, 0.2) is 51.7 Å². The van der Waals surface area contributed by atoms with Gasteiger partial charge in [-0.25, -0.2) is 0 Å². The van der Waals surface area contributed by atoms with Crippen LogP contribution < -0.4 is 14.9 Å². The molecule has 0 saturated heterocycles. The third-order valence-electron chi connectivity index (χ3n) is 3.77. The van der Waals surface area contributed by atoms with Gasteiger partial charge < -0.3 is 13.9 Å². The van der Waals surface area contributed by atoms with E-state index >= 15 is 0 Å². The maximum Gasteiger partial charge on any atom is 0.206 e. The molecule has 6 heteroatoms. The van der Waals surface area contributed by atoms with Crippen molar-refractivity contribution in [3.05, 3.63) is 69.0 Å². The lowest BCUT2D eigenvalue weighted by Gasteiger charge is -2.12. The van der Waals surface area contributed by atoms with Crippen LogP contribution in [0.5, 0.6) is 11.5 Å². The summed E-state index contributed by atoms with van der Waals surface area (Å²) in [6.07, 6.45) is -0.0384. The largest absolute Gasteiger partial charge is 0.491 e. The van der Waals surface area contributed by atoms with Crippen molar-refractivity contribution in [3.63, 3.8) is 0 Å². The molecule has 2 aromatic carbocycles. The van der Waals surface area contributed by atoms with E-state index in [4.69, 9.17) is 25.5 Å². The van der Waals surface area contributed by atoms with Crippen LogP contribution in [0.3, 0.4) is 0 Å². The van der Waals surface area contributed by atoms with Crippen molar-refractivity contribution in [2.75, 3.05) is 14.2 Å². The normalized spacial score (nSPS) is 10.7. The van der Waals surface area contributed by atoms with Crippen molar-refractivity contribution in [2.45, 2.75) is 6.42 Å². The molecular weight excluding hydrogens is 344 g/mol. The fourth-order valence-corrected chi connectivity index (χ4v) is 2.88. The van der Waals surface area contributed by atoms with Gasteiger partial charge in [-0.2, -0.15) is 0 Å². The average Bonchev–Trinajstić information content (AvgIpc) is 2.62. The summed E-state index contributed by atoms with van der Waals surface area (Å²) < 4.78 is 16.3. The van der Waals surface area contributed by atoms with E-state index in [1.54, 1.807) is 24.3 Å². The van der Waals surface area contributed by atoms with E-state index in [-0.39, 0.29) is 50.9 Å². The molecule has 25 heavy (non-hydrogen) atoms. The molecule has 0 amide bonds. The molecule has 0 saturated carbocycles. The SMILES string of the molecule is COc1c(Cl)cc2c(=O)cc(CC(=O)c3ccccc3)oc2c1OC. The average molecular weight is 359 g/mol. The predicted molar refractivity (Wildman–Crippen MR) is 95.1 cm³/mol. The molecule has 3 aromatic rings. The summed E-state index contributed by atoms with van der Waals surface area (Å²) >= 11 is 6.12. The van der Waals surface area contributed by atoms with E-state index in [1.165, 1.54) is 26.4 Å². The lowest BCUT2D eigenvalue weighted by Crippen LogP contribution is -2.08. The smallest absolute Gasteiger partial charge is 0.206 e. The maximum atomic E-state index is 12.4. The second-order valence-corrected chi connectivity index (χ2v) is 5.75. The Hall–Kier alpha value is -2.79. The number of hydrogen-bond acceptors (Lipinski definition) is 5.